The second-order valence-corrected chi connectivity index (χ2v) is 6.84. The van der Waals surface area contributed by atoms with Gasteiger partial charge in [-0.1, -0.05) is 29.5 Å². The van der Waals surface area contributed by atoms with Crippen LogP contribution in [-0.4, -0.2) is 28.0 Å². The Morgan fingerprint density at radius 1 is 1.23 bits per heavy atom. The van der Waals surface area contributed by atoms with Crippen LogP contribution in [0.3, 0.4) is 0 Å². The molecule has 0 aliphatic carbocycles. The maximum atomic E-state index is 12.9. The normalized spacial score (nSPS) is 10.9. The Morgan fingerprint density at radius 3 is 2.65 bits per heavy atom. The van der Waals surface area contributed by atoms with Crippen molar-refractivity contribution in [2.45, 2.75) is 34.2 Å². The molecule has 2 heterocycles. The number of fused-ring (bicyclic) bond motifs is 1. The van der Waals surface area contributed by atoms with Gasteiger partial charge in [0.1, 0.15) is 10.6 Å². The van der Waals surface area contributed by atoms with Crippen LogP contribution in [0.15, 0.2) is 24.3 Å². The number of esters is 1. The summed E-state index contributed by atoms with van der Waals surface area (Å²) in [5, 5.41) is 4.28. The van der Waals surface area contributed by atoms with E-state index in [-0.39, 0.29) is 5.91 Å². The first-order valence-electron chi connectivity index (χ1n) is 8.51. The van der Waals surface area contributed by atoms with Gasteiger partial charge >= 0.3 is 5.97 Å². The summed E-state index contributed by atoms with van der Waals surface area (Å²) in [4.78, 5) is 29.6. The molecule has 0 fully saturated rings. The molecular weight excluding hydrogens is 350 g/mol. The van der Waals surface area contributed by atoms with Crippen LogP contribution in [0.5, 0.6) is 0 Å². The fraction of sp³-hybridized carbons (Fsp3) is 0.316. The Kier molecular flexibility index (Phi) is 5.08. The van der Waals surface area contributed by atoms with E-state index in [1.54, 1.807) is 13.8 Å². The molecule has 136 valence electrons. The number of ether oxygens (including phenoxy) is 1. The van der Waals surface area contributed by atoms with E-state index in [0.717, 1.165) is 27.8 Å². The van der Waals surface area contributed by atoms with Gasteiger partial charge in [-0.3, -0.25) is 10.1 Å². The number of carbonyl (C=O) groups excluding carboxylic acids is 2. The molecule has 6 nitrogen and oxygen atoms in total. The molecule has 0 radical (unpaired) electrons. The molecule has 3 aromatic rings. The van der Waals surface area contributed by atoms with E-state index in [4.69, 9.17) is 4.74 Å². The van der Waals surface area contributed by atoms with Gasteiger partial charge in [0.05, 0.1) is 12.3 Å². The average molecular weight is 371 g/mol. The Bertz CT molecular complexity index is 987. The molecule has 1 N–H and O–H groups in total. The van der Waals surface area contributed by atoms with E-state index in [0.29, 0.717) is 34.5 Å². The summed E-state index contributed by atoms with van der Waals surface area (Å²) in [6.45, 7) is 8.42. The summed E-state index contributed by atoms with van der Waals surface area (Å²) in [5.41, 5.74) is 3.12. The first kappa shape index (κ1) is 18.1. The highest BCUT2D eigenvalue weighted by Crippen LogP contribution is 2.28. The van der Waals surface area contributed by atoms with Crippen molar-refractivity contribution in [2.24, 2.45) is 0 Å². The number of hydrogen-bond acceptors (Lipinski definition) is 5. The number of para-hydroxylation sites is 1. The van der Waals surface area contributed by atoms with E-state index >= 15 is 0 Å². The number of aromatic nitrogens is 2. The van der Waals surface area contributed by atoms with Crippen molar-refractivity contribution >= 4 is 39.2 Å². The number of hydrogen-bond donors (Lipinski definition) is 1. The SMILES string of the molecule is CCOC(=O)c1sc(NC(=O)c2c(C)c3ccccc3n2CC)nc1C. The van der Waals surface area contributed by atoms with Crippen LogP contribution in [0.2, 0.25) is 0 Å². The summed E-state index contributed by atoms with van der Waals surface area (Å²) < 4.78 is 7.01. The smallest absolute Gasteiger partial charge is 0.350 e. The van der Waals surface area contributed by atoms with E-state index in [2.05, 4.69) is 10.3 Å². The Labute approximate surface area is 155 Å². The molecule has 2 aromatic heterocycles. The van der Waals surface area contributed by atoms with E-state index in [1.807, 2.05) is 42.7 Å². The third kappa shape index (κ3) is 3.10. The number of aryl methyl sites for hydroxylation is 3. The number of benzene rings is 1. The second-order valence-electron chi connectivity index (χ2n) is 5.84. The highest BCUT2D eigenvalue weighted by Gasteiger charge is 2.22. The molecule has 0 bridgehead atoms. The molecule has 1 amide bonds. The predicted molar refractivity (Wildman–Crippen MR) is 103 cm³/mol. The largest absolute Gasteiger partial charge is 0.462 e. The number of amides is 1. The summed E-state index contributed by atoms with van der Waals surface area (Å²) >= 11 is 1.13. The Morgan fingerprint density at radius 2 is 1.96 bits per heavy atom. The van der Waals surface area contributed by atoms with Gasteiger partial charge in [0.15, 0.2) is 5.13 Å². The highest BCUT2D eigenvalue weighted by molar-refractivity contribution is 7.17. The topological polar surface area (TPSA) is 73.2 Å². The summed E-state index contributed by atoms with van der Waals surface area (Å²) in [6.07, 6.45) is 0. The standard InChI is InChI=1S/C19H21N3O3S/c1-5-22-14-10-8-7-9-13(14)11(3)15(22)17(23)21-19-20-12(4)16(26-19)18(24)25-6-2/h7-10H,5-6H2,1-4H3,(H,20,21,23). The average Bonchev–Trinajstić information content (AvgIpc) is 3.12. The summed E-state index contributed by atoms with van der Waals surface area (Å²) in [5.74, 6) is -0.647. The van der Waals surface area contributed by atoms with Crippen molar-refractivity contribution < 1.29 is 14.3 Å². The molecule has 0 unspecified atom stereocenters. The molecule has 1 aromatic carbocycles. The molecular formula is C19H21N3O3S. The van der Waals surface area contributed by atoms with Crippen molar-refractivity contribution in [3.05, 3.63) is 46.1 Å². The fourth-order valence-corrected chi connectivity index (χ4v) is 3.95. The number of thiazole rings is 1. The third-order valence-electron chi connectivity index (χ3n) is 4.23. The molecule has 26 heavy (non-hydrogen) atoms. The van der Waals surface area contributed by atoms with Gasteiger partial charge in [0, 0.05) is 17.4 Å². The maximum absolute atomic E-state index is 12.9. The first-order valence-corrected chi connectivity index (χ1v) is 9.33. The van der Waals surface area contributed by atoms with Crippen molar-refractivity contribution in [2.75, 3.05) is 11.9 Å². The van der Waals surface area contributed by atoms with Gasteiger partial charge in [-0.2, -0.15) is 0 Å². The maximum Gasteiger partial charge on any atom is 0.350 e. The molecule has 0 saturated carbocycles. The number of nitrogens with zero attached hydrogens (tertiary/aromatic N) is 2. The lowest BCUT2D eigenvalue weighted by Crippen LogP contribution is -2.17. The zero-order valence-corrected chi connectivity index (χ0v) is 16.1. The monoisotopic (exact) mass is 371 g/mol. The first-order chi connectivity index (χ1) is 12.5. The van der Waals surface area contributed by atoms with Crippen molar-refractivity contribution in [1.29, 1.82) is 0 Å². The molecule has 0 saturated heterocycles. The minimum atomic E-state index is -0.415. The van der Waals surface area contributed by atoms with Gasteiger partial charge < -0.3 is 9.30 Å². The minimum absolute atomic E-state index is 0.232. The van der Waals surface area contributed by atoms with Gasteiger partial charge in [-0.25, -0.2) is 9.78 Å². The van der Waals surface area contributed by atoms with E-state index in [9.17, 15) is 9.59 Å². The van der Waals surface area contributed by atoms with Crippen LogP contribution in [0.1, 0.15) is 45.3 Å². The number of anilines is 1. The summed E-state index contributed by atoms with van der Waals surface area (Å²) in [6, 6.07) is 7.95. The van der Waals surface area contributed by atoms with Gasteiger partial charge in [0.2, 0.25) is 0 Å². The van der Waals surface area contributed by atoms with E-state index in [1.165, 1.54) is 0 Å². The van der Waals surface area contributed by atoms with Crippen molar-refractivity contribution in [1.82, 2.24) is 9.55 Å². The van der Waals surface area contributed by atoms with Gasteiger partial charge in [-0.05, 0) is 39.3 Å². The van der Waals surface area contributed by atoms with Crippen molar-refractivity contribution in [3.63, 3.8) is 0 Å². The second kappa shape index (κ2) is 7.29. The Balaban J connectivity index is 1.94. The van der Waals surface area contributed by atoms with E-state index < -0.39 is 5.97 Å². The number of carbonyl (C=O) groups is 2. The lowest BCUT2D eigenvalue weighted by molar-refractivity contribution is 0.0531. The predicted octanol–water partition coefficient (Wildman–Crippen LogP) is 4.16. The fourth-order valence-electron chi connectivity index (χ4n) is 3.09. The Hall–Kier alpha value is -2.67. The zero-order chi connectivity index (χ0) is 18.8. The van der Waals surface area contributed by atoms with Crippen LogP contribution in [0.25, 0.3) is 10.9 Å². The van der Waals surface area contributed by atoms with Crippen LogP contribution in [0.4, 0.5) is 5.13 Å². The van der Waals surface area contributed by atoms with Crippen LogP contribution in [0, 0.1) is 13.8 Å². The van der Waals surface area contributed by atoms with Gasteiger partial charge in [-0.15, -0.1) is 0 Å². The number of nitrogens with one attached hydrogen (secondary N) is 1. The van der Waals surface area contributed by atoms with Gasteiger partial charge in [0.25, 0.3) is 5.91 Å². The lowest BCUT2D eigenvalue weighted by Gasteiger charge is -2.08. The molecule has 7 heteroatoms. The quantitative estimate of drug-likeness (QED) is 0.684. The molecule has 0 atom stereocenters. The molecule has 0 aliphatic heterocycles. The van der Waals surface area contributed by atoms with Crippen LogP contribution < -0.4 is 5.32 Å². The third-order valence-corrected chi connectivity index (χ3v) is 5.29. The molecule has 3 rings (SSSR count). The molecule has 0 spiro atoms. The lowest BCUT2D eigenvalue weighted by atomic mass is 10.1. The van der Waals surface area contributed by atoms with Crippen LogP contribution in [-0.2, 0) is 11.3 Å². The van der Waals surface area contributed by atoms with Crippen molar-refractivity contribution in [3.8, 4) is 0 Å². The highest BCUT2D eigenvalue weighted by atomic mass is 32.1. The zero-order valence-electron chi connectivity index (χ0n) is 15.3. The minimum Gasteiger partial charge on any atom is -0.462 e. The molecule has 0 aliphatic rings. The van der Waals surface area contributed by atoms with Crippen LogP contribution >= 0.6 is 11.3 Å². The number of rotatable bonds is 5. The summed E-state index contributed by atoms with van der Waals surface area (Å²) in [7, 11) is 0.